The molecule has 0 aromatic heterocycles. The van der Waals surface area contributed by atoms with Gasteiger partial charge in [0.25, 0.3) is 11.7 Å². The van der Waals surface area contributed by atoms with Gasteiger partial charge in [-0.25, -0.2) is 17.9 Å². The maximum Gasteiger partial charge on any atom is 0.329 e. The van der Waals surface area contributed by atoms with E-state index in [2.05, 4.69) is 4.72 Å². The molecule has 19 heteroatoms. The number of sulfonamides is 1. The number of hydrogen-bond acceptors (Lipinski definition) is 14. The fourth-order valence-corrected chi connectivity index (χ4v) is 12.4. The summed E-state index contributed by atoms with van der Waals surface area (Å²) in [6.07, 6.45) is 13.0. The minimum absolute atomic E-state index is 0.0249. The predicted molar refractivity (Wildman–Crippen MR) is 270 cm³/mol. The molecule has 4 rings (SSSR count). The van der Waals surface area contributed by atoms with Crippen molar-refractivity contribution >= 4 is 41.1 Å². The topological polar surface area (TPSA) is 242 Å². The van der Waals surface area contributed by atoms with Crippen LogP contribution in [0.2, 0.25) is 0 Å². The van der Waals surface area contributed by atoms with Crippen LogP contribution in [0.3, 0.4) is 0 Å². The van der Waals surface area contributed by atoms with Gasteiger partial charge in [-0.05, 0) is 127 Å². The number of rotatable bonds is 9. The SMILES string of the molecule is CO[C@@H]1C[C@H](C[C@@H](C)[C@@H]2CC[C@H](C)/C=C(\C)[C@@H](O)[C@@H](OC)C(=O)[C@H](C)C[C@H](C)/C=C/C=C/C=C(\C)[C@@H](NS(C)(=O)=O)C[C@@H]3CC[C@@H](C)[C@@](O)(O3)C(=O)C(=O)N3CCCC[C@H]3C(=O)O2)CC[C@H]1OP(C)(=O)O. The maximum atomic E-state index is 14.5. The summed E-state index contributed by atoms with van der Waals surface area (Å²) in [5.74, 6) is -7.25. The molecule has 3 aliphatic heterocycles. The zero-order valence-corrected chi connectivity index (χ0v) is 45.7. The molecular formula is C52H85N2O15PS. The Bertz CT molecular complexity index is 2110. The first-order valence-electron chi connectivity index (χ1n) is 25.6. The highest BCUT2D eigenvalue weighted by molar-refractivity contribution is 7.88. The van der Waals surface area contributed by atoms with Crippen molar-refractivity contribution in [3.05, 3.63) is 47.6 Å². The molecule has 1 amide bonds. The van der Waals surface area contributed by atoms with Gasteiger partial charge in [0.15, 0.2) is 5.78 Å². The van der Waals surface area contributed by atoms with Crippen molar-refractivity contribution in [2.24, 2.45) is 35.5 Å². The van der Waals surface area contributed by atoms with Crippen LogP contribution < -0.4 is 4.72 Å². The summed E-state index contributed by atoms with van der Waals surface area (Å²) >= 11 is 0. The van der Waals surface area contributed by atoms with Crippen LogP contribution in [0.4, 0.5) is 0 Å². The lowest BCUT2D eigenvalue weighted by Crippen LogP contribution is -2.61. The molecule has 0 aromatic carbocycles. The van der Waals surface area contributed by atoms with Crippen molar-refractivity contribution < 1.29 is 70.7 Å². The number of allylic oxidation sites excluding steroid dienone is 6. The van der Waals surface area contributed by atoms with Crippen LogP contribution in [-0.2, 0) is 57.2 Å². The molecule has 1 aliphatic carbocycles. The molecule has 0 aromatic rings. The number of fused-ring (bicyclic) bond motifs is 3. The zero-order valence-electron chi connectivity index (χ0n) is 44.0. The number of ether oxygens (including phenoxy) is 4. The third kappa shape index (κ3) is 17.9. The van der Waals surface area contributed by atoms with Gasteiger partial charge in [-0.15, -0.1) is 0 Å². The van der Waals surface area contributed by atoms with E-state index in [1.54, 1.807) is 46.1 Å². The lowest BCUT2D eigenvalue weighted by atomic mass is 9.78. The van der Waals surface area contributed by atoms with Crippen LogP contribution in [0.15, 0.2) is 47.6 Å². The number of carbonyl (C=O) groups is 4. The van der Waals surface area contributed by atoms with Crippen LogP contribution >= 0.6 is 7.60 Å². The van der Waals surface area contributed by atoms with E-state index in [0.29, 0.717) is 81.8 Å². The molecule has 2 bridgehead atoms. The molecule has 3 fully saturated rings. The van der Waals surface area contributed by atoms with E-state index in [1.165, 1.54) is 12.0 Å². The summed E-state index contributed by atoms with van der Waals surface area (Å²) in [4.78, 5) is 68.1. The Morgan fingerprint density at radius 2 is 1.59 bits per heavy atom. The minimum atomic E-state index is -3.77. The van der Waals surface area contributed by atoms with Gasteiger partial charge in [0, 0.05) is 45.3 Å². The minimum Gasteiger partial charge on any atom is -0.461 e. The number of piperidine rings is 1. The molecule has 71 heavy (non-hydrogen) atoms. The smallest absolute Gasteiger partial charge is 0.329 e. The molecule has 16 atom stereocenters. The average molecular weight is 1040 g/mol. The van der Waals surface area contributed by atoms with E-state index < -0.39 is 102 Å². The average Bonchev–Trinajstić information content (AvgIpc) is 3.29. The van der Waals surface area contributed by atoms with Crippen molar-refractivity contribution in [2.75, 3.05) is 33.7 Å². The largest absolute Gasteiger partial charge is 0.461 e. The molecule has 404 valence electrons. The summed E-state index contributed by atoms with van der Waals surface area (Å²) in [5, 5.41) is 23.6. The summed E-state index contributed by atoms with van der Waals surface area (Å²) in [5.41, 5.74) is 1.18. The molecule has 1 saturated carbocycles. The normalized spacial score (nSPS) is 39.1. The fourth-order valence-electron chi connectivity index (χ4n) is 10.8. The van der Waals surface area contributed by atoms with E-state index in [9.17, 15) is 47.3 Å². The second kappa shape index (κ2) is 27.1. The Labute approximate surface area is 423 Å². The number of methoxy groups -OCH3 is 2. The van der Waals surface area contributed by atoms with Gasteiger partial charge >= 0.3 is 13.6 Å². The van der Waals surface area contributed by atoms with Gasteiger partial charge in [-0.2, -0.15) is 0 Å². The lowest BCUT2D eigenvalue weighted by Gasteiger charge is -2.43. The second-order valence-electron chi connectivity index (χ2n) is 21.3. The predicted octanol–water partition coefficient (Wildman–Crippen LogP) is 6.74. The highest BCUT2D eigenvalue weighted by atomic mass is 32.2. The van der Waals surface area contributed by atoms with E-state index >= 15 is 0 Å². The van der Waals surface area contributed by atoms with E-state index in [4.69, 9.17) is 23.5 Å². The number of hydrogen-bond donors (Lipinski definition) is 4. The third-order valence-electron chi connectivity index (χ3n) is 15.0. The molecule has 0 spiro atoms. The Hall–Kier alpha value is -2.90. The first-order valence-corrected chi connectivity index (χ1v) is 29.5. The number of Topliss-reactive ketones (excluding diaryl/α,β-unsaturated/α-hetero) is 2. The monoisotopic (exact) mass is 1040 g/mol. The van der Waals surface area contributed by atoms with E-state index in [0.717, 1.165) is 12.9 Å². The number of esters is 1. The summed E-state index contributed by atoms with van der Waals surface area (Å²) in [7, 11) is -4.56. The number of ketones is 2. The van der Waals surface area contributed by atoms with E-state index in [1.807, 2.05) is 45.9 Å². The van der Waals surface area contributed by atoms with Gasteiger partial charge < -0.3 is 43.5 Å². The number of cyclic esters (lactones) is 1. The van der Waals surface area contributed by atoms with Crippen molar-refractivity contribution in [2.45, 2.75) is 186 Å². The van der Waals surface area contributed by atoms with Crippen LogP contribution in [0.1, 0.15) is 132 Å². The maximum absolute atomic E-state index is 14.5. The molecule has 1 unspecified atom stereocenters. The molecule has 4 N–H and O–H groups in total. The van der Waals surface area contributed by atoms with Gasteiger partial charge in [0.2, 0.25) is 15.8 Å². The second-order valence-corrected chi connectivity index (χ2v) is 24.9. The van der Waals surface area contributed by atoms with Gasteiger partial charge in [-0.1, -0.05) is 76.6 Å². The number of aliphatic hydroxyl groups is 2. The molecule has 4 aliphatic rings. The van der Waals surface area contributed by atoms with Gasteiger partial charge in [0.1, 0.15) is 24.4 Å². The Morgan fingerprint density at radius 3 is 2.24 bits per heavy atom. The van der Waals surface area contributed by atoms with Crippen molar-refractivity contribution in [1.82, 2.24) is 9.62 Å². The Kier molecular flexibility index (Phi) is 23.1. The highest BCUT2D eigenvalue weighted by Crippen LogP contribution is 2.44. The van der Waals surface area contributed by atoms with Crippen LogP contribution in [-0.4, -0.2) is 140 Å². The third-order valence-corrected chi connectivity index (χ3v) is 16.3. The van der Waals surface area contributed by atoms with Crippen molar-refractivity contribution in [1.29, 1.82) is 0 Å². The van der Waals surface area contributed by atoms with Gasteiger partial charge in [-0.3, -0.25) is 18.9 Å². The first-order chi connectivity index (χ1) is 33.2. The Balaban J connectivity index is 1.71. The van der Waals surface area contributed by atoms with Crippen LogP contribution in [0.5, 0.6) is 0 Å². The molecule has 0 radical (unpaired) electrons. The van der Waals surface area contributed by atoms with Crippen molar-refractivity contribution in [3.8, 4) is 0 Å². The zero-order chi connectivity index (χ0) is 53.0. The quantitative estimate of drug-likeness (QED) is 0.0809. The summed E-state index contributed by atoms with van der Waals surface area (Å²) < 4.78 is 69.4. The van der Waals surface area contributed by atoms with Gasteiger partial charge in [0.05, 0.1) is 24.6 Å². The lowest BCUT2D eigenvalue weighted by molar-refractivity contribution is -0.264. The number of carbonyl (C=O) groups excluding carboxylic acids is 4. The number of nitrogens with zero attached hydrogens (tertiary/aromatic N) is 1. The Morgan fingerprint density at radius 1 is 0.887 bits per heavy atom. The molecular weight excluding hydrogens is 956 g/mol. The van der Waals surface area contributed by atoms with E-state index in [-0.39, 0.29) is 48.8 Å². The molecule has 2 saturated heterocycles. The number of nitrogens with one attached hydrogen (secondary N) is 1. The molecule has 3 heterocycles. The van der Waals surface area contributed by atoms with Crippen LogP contribution in [0.25, 0.3) is 0 Å². The summed E-state index contributed by atoms with van der Waals surface area (Å²) in [6.45, 7) is 14.1. The number of amides is 1. The highest BCUT2D eigenvalue weighted by Gasteiger charge is 2.53. The van der Waals surface area contributed by atoms with Crippen LogP contribution in [0, 0.1) is 35.5 Å². The fraction of sp³-hybridized carbons (Fsp3) is 0.769. The first kappa shape index (κ1) is 60.7. The van der Waals surface area contributed by atoms with Crippen molar-refractivity contribution in [3.63, 3.8) is 0 Å². The molecule has 17 nitrogen and oxygen atoms in total. The summed E-state index contributed by atoms with van der Waals surface area (Å²) in [6, 6.07) is -1.91. The number of aliphatic hydroxyl groups excluding tert-OH is 1. The standard InChI is InChI=1S/C52H85N2O15PS/c1-32-17-13-12-14-18-34(3)41(53-71(11,63)64)31-40-23-21-38(7)52(60,68-40)49(57)50(58)54-26-16-15-19-42(54)51(59)67-43(35(4)29-39-22-25-44(45(30-39)65-8)69-70(10,61)62)24-20-33(2)28-37(6)47(56)48(66-9)46(55)36(5)27-32/h12-14,17-18,28,32-33,35-36,38-45,47-48,53,56,60H,15-16,19-27,29-31H2,1-11H3,(H,61,62)/b14-12+,17-13+,34-18+,37-28+/t32-,33+,35-,36-,38-,39+,40+,41+,42+,43+,44-,45-,47-,48+,52-/m1/s1.